The van der Waals surface area contributed by atoms with E-state index in [9.17, 15) is 12.8 Å². The van der Waals surface area contributed by atoms with E-state index in [-0.39, 0.29) is 22.9 Å². The molecule has 2 rings (SSSR count). The summed E-state index contributed by atoms with van der Waals surface area (Å²) in [6.45, 7) is 2.41. The lowest BCUT2D eigenvalue weighted by atomic mass is 10.1. The molecule has 2 unspecified atom stereocenters. The van der Waals surface area contributed by atoms with E-state index in [0.717, 1.165) is 5.56 Å². The van der Waals surface area contributed by atoms with Crippen molar-refractivity contribution >= 4 is 9.84 Å². The Bertz CT molecular complexity index is 484. The van der Waals surface area contributed by atoms with Crippen LogP contribution in [0.2, 0.25) is 0 Å². The molecule has 2 atom stereocenters. The standard InChI is InChI=1S/C12H16FNO2S/c1-9-6-7-14-12(8-17(9,15)16)10-2-4-11(13)5-3-10/h2-5,9,12,14H,6-8H2,1H3. The van der Waals surface area contributed by atoms with Gasteiger partial charge in [-0.3, -0.25) is 0 Å². The lowest BCUT2D eigenvalue weighted by Crippen LogP contribution is -2.26. The molecular weight excluding hydrogens is 241 g/mol. The van der Waals surface area contributed by atoms with Gasteiger partial charge in [0.15, 0.2) is 9.84 Å². The highest BCUT2D eigenvalue weighted by molar-refractivity contribution is 7.92. The molecule has 1 heterocycles. The Morgan fingerprint density at radius 1 is 1.29 bits per heavy atom. The average molecular weight is 257 g/mol. The predicted molar refractivity (Wildman–Crippen MR) is 65.0 cm³/mol. The van der Waals surface area contributed by atoms with Crippen LogP contribution in [0.5, 0.6) is 0 Å². The van der Waals surface area contributed by atoms with Crippen molar-refractivity contribution in [3.63, 3.8) is 0 Å². The van der Waals surface area contributed by atoms with E-state index < -0.39 is 9.84 Å². The quantitative estimate of drug-likeness (QED) is 0.832. The van der Waals surface area contributed by atoms with Gasteiger partial charge in [0.1, 0.15) is 5.82 Å². The minimum atomic E-state index is -3.06. The fourth-order valence-electron chi connectivity index (χ4n) is 2.01. The van der Waals surface area contributed by atoms with Gasteiger partial charge in [-0.25, -0.2) is 12.8 Å². The molecule has 0 spiro atoms. The van der Waals surface area contributed by atoms with Crippen LogP contribution in [0.1, 0.15) is 24.9 Å². The lowest BCUT2D eigenvalue weighted by Gasteiger charge is -2.16. The molecule has 0 amide bonds. The highest BCUT2D eigenvalue weighted by Crippen LogP contribution is 2.21. The van der Waals surface area contributed by atoms with Crippen LogP contribution >= 0.6 is 0 Å². The Morgan fingerprint density at radius 2 is 1.94 bits per heavy atom. The highest BCUT2D eigenvalue weighted by atomic mass is 32.2. The molecule has 0 bridgehead atoms. The van der Waals surface area contributed by atoms with Gasteiger partial charge in [0, 0.05) is 6.04 Å². The fraction of sp³-hybridized carbons (Fsp3) is 0.500. The largest absolute Gasteiger partial charge is 0.309 e. The van der Waals surface area contributed by atoms with Crippen LogP contribution in [0.25, 0.3) is 0 Å². The van der Waals surface area contributed by atoms with Gasteiger partial charge in [-0.05, 0) is 37.6 Å². The number of sulfone groups is 1. The van der Waals surface area contributed by atoms with E-state index in [1.165, 1.54) is 12.1 Å². The first kappa shape index (κ1) is 12.5. The second kappa shape index (κ2) is 4.74. The van der Waals surface area contributed by atoms with Crippen molar-refractivity contribution in [2.75, 3.05) is 12.3 Å². The Hall–Kier alpha value is -0.940. The summed E-state index contributed by atoms with van der Waals surface area (Å²) in [6, 6.07) is 5.76. The number of halogens is 1. The minimum absolute atomic E-state index is 0.0831. The van der Waals surface area contributed by atoms with Crippen LogP contribution in [0, 0.1) is 5.82 Å². The molecule has 0 aliphatic carbocycles. The molecule has 1 fully saturated rings. The van der Waals surface area contributed by atoms with Gasteiger partial charge < -0.3 is 5.32 Å². The maximum Gasteiger partial charge on any atom is 0.154 e. The topological polar surface area (TPSA) is 46.2 Å². The maximum atomic E-state index is 12.8. The van der Waals surface area contributed by atoms with E-state index in [1.54, 1.807) is 19.1 Å². The zero-order valence-electron chi connectivity index (χ0n) is 9.69. The summed E-state index contributed by atoms with van der Waals surface area (Å²) in [4.78, 5) is 0. The first-order valence-electron chi connectivity index (χ1n) is 5.69. The molecule has 1 saturated heterocycles. The average Bonchev–Trinajstić information content (AvgIpc) is 2.40. The summed E-state index contributed by atoms with van der Waals surface area (Å²) in [7, 11) is -3.06. The summed E-state index contributed by atoms with van der Waals surface area (Å²) < 4.78 is 36.7. The zero-order valence-corrected chi connectivity index (χ0v) is 10.5. The van der Waals surface area contributed by atoms with Crippen molar-refractivity contribution in [1.82, 2.24) is 5.32 Å². The van der Waals surface area contributed by atoms with E-state index in [0.29, 0.717) is 13.0 Å². The molecule has 1 N–H and O–H groups in total. The predicted octanol–water partition coefficient (Wildman–Crippen LogP) is 1.66. The lowest BCUT2D eigenvalue weighted by molar-refractivity contribution is 0.570. The second-order valence-electron chi connectivity index (χ2n) is 4.49. The summed E-state index contributed by atoms with van der Waals surface area (Å²) in [5.74, 6) is -0.224. The van der Waals surface area contributed by atoms with Crippen LogP contribution in [0.15, 0.2) is 24.3 Å². The van der Waals surface area contributed by atoms with Crippen molar-refractivity contribution in [2.24, 2.45) is 0 Å². The summed E-state index contributed by atoms with van der Waals surface area (Å²) in [5, 5.41) is 2.90. The second-order valence-corrected chi connectivity index (χ2v) is 6.95. The molecule has 0 radical (unpaired) electrons. The van der Waals surface area contributed by atoms with Crippen molar-refractivity contribution in [1.29, 1.82) is 0 Å². The maximum absolute atomic E-state index is 12.8. The monoisotopic (exact) mass is 257 g/mol. The Kier molecular flexibility index (Phi) is 3.49. The first-order valence-corrected chi connectivity index (χ1v) is 7.41. The van der Waals surface area contributed by atoms with Gasteiger partial charge in [0.05, 0.1) is 11.0 Å². The van der Waals surface area contributed by atoms with Gasteiger partial charge in [0.25, 0.3) is 0 Å². The summed E-state index contributed by atoms with van der Waals surface area (Å²) in [5.41, 5.74) is 0.823. The van der Waals surface area contributed by atoms with Crippen LogP contribution in [-0.4, -0.2) is 26.0 Å². The number of benzene rings is 1. The van der Waals surface area contributed by atoms with Crippen LogP contribution in [0.3, 0.4) is 0 Å². The van der Waals surface area contributed by atoms with E-state index in [4.69, 9.17) is 0 Å². The Labute approximate surface area is 101 Å². The molecule has 3 nitrogen and oxygen atoms in total. The molecule has 17 heavy (non-hydrogen) atoms. The molecule has 1 aromatic carbocycles. The molecule has 1 aliphatic rings. The highest BCUT2D eigenvalue weighted by Gasteiger charge is 2.29. The third-order valence-corrected chi connectivity index (χ3v) is 5.49. The SMILES string of the molecule is CC1CCNC(c2ccc(F)cc2)CS1(=O)=O. The minimum Gasteiger partial charge on any atom is -0.309 e. The fourth-order valence-corrected chi connectivity index (χ4v) is 3.59. The normalized spacial score (nSPS) is 28.6. The molecular formula is C12H16FNO2S. The van der Waals surface area contributed by atoms with Crippen molar-refractivity contribution in [2.45, 2.75) is 24.6 Å². The molecule has 0 saturated carbocycles. The number of nitrogens with one attached hydrogen (secondary N) is 1. The van der Waals surface area contributed by atoms with Gasteiger partial charge in [-0.1, -0.05) is 12.1 Å². The number of hydrogen-bond donors (Lipinski definition) is 1. The van der Waals surface area contributed by atoms with Crippen LogP contribution < -0.4 is 5.32 Å². The third-order valence-electron chi connectivity index (χ3n) is 3.23. The summed E-state index contributed by atoms with van der Waals surface area (Å²) >= 11 is 0. The Balaban J connectivity index is 2.24. The van der Waals surface area contributed by atoms with Gasteiger partial charge in [-0.2, -0.15) is 0 Å². The number of rotatable bonds is 1. The van der Waals surface area contributed by atoms with E-state index >= 15 is 0 Å². The zero-order chi connectivity index (χ0) is 12.5. The van der Waals surface area contributed by atoms with Gasteiger partial charge in [-0.15, -0.1) is 0 Å². The number of hydrogen-bond acceptors (Lipinski definition) is 3. The summed E-state index contributed by atoms with van der Waals surface area (Å²) in [6.07, 6.45) is 0.625. The molecule has 5 heteroatoms. The van der Waals surface area contributed by atoms with Crippen molar-refractivity contribution in [3.8, 4) is 0 Å². The van der Waals surface area contributed by atoms with Gasteiger partial charge >= 0.3 is 0 Å². The smallest absolute Gasteiger partial charge is 0.154 e. The Morgan fingerprint density at radius 3 is 2.59 bits per heavy atom. The molecule has 1 aromatic rings. The molecule has 0 aromatic heterocycles. The molecule has 1 aliphatic heterocycles. The molecule has 94 valence electrons. The first-order chi connectivity index (χ1) is 7.99. The third kappa shape index (κ3) is 2.84. The van der Waals surface area contributed by atoms with Gasteiger partial charge in [0.2, 0.25) is 0 Å². The van der Waals surface area contributed by atoms with Crippen molar-refractivity contribution < 1.29 is 12.8 Å². The van der Waals surface area contributed by atoms with Crippen LogP contribution in [0.4, 0.5) is 4.39 Å². The van der Waals surface area contributed by atoms with Crippen molar-refractivity contribution in [3.05, 3.63) is 35.6 Å². The van der Waals surface area contributed by atoms with E-state index in [1.807, 2.05) is 0 Å². The van der Waals surface area contributed by atoms with Crippen LogP contribution in [-0.2, 0) is 9.84 Å². The van der Waals surface area contributed by atoms with E-state index in [2.05, 4.69) is 5.32 Å².